The van der Waals surface area contributed by atoms with E-state index >= 15 is 0 Å². The van der Waals surface area contributed by atoms with E-state index in [9.17, 15) is 10.2 Å². The summed E-state index contributed by atoms with van der Waals surface area (Å²) in [7, 11) is 0. The molecule has 0 aromatic rings. The van der Waals surface area contributed by atoms with Crippen LogP contribution in [0.15, 0.2) is 0 Å². The molecule has 0 aliphatic rings. The summed E-state index contributed by atoms with van der Waals surface area (Å²) in [5, 5.41) is 42.7. The summed E-state index contributed by atoms with van der Waals surface area (Å²) in [4.78, 5) is 0. The van der Waals surface area contributed by atoms with Crippen molar-refractivity contribution in [3.8, 4) is 0 Å². The van der Waals surface area contributed by atoms with E-state index in [0.717, 1.165) is 0 Å². The molecule has 54 valence electrons. The van der Waals surface area contributed by atoms with Gasteiger partial charge in [-0.05, 0) is 0 Å². The maximum atomic E-state index is 9.59. The largest absolute Gasteiger partial charge is 3.00 e. The van der Waals surface area contributed by atoms with Gasteiger partial charge in [0.15, 0.2) is 0 Å². The van der Waals surface area contributed by atoms with Crippen LogP contribution in [0.1, 0.15) is 0 Å². The zero-order chi connectivity index (χ0) is 6.78. The summed E-state index contributed by atoms with van der Waals surface area (Å²) in [5.74, 6) is -3.77. The van der Waals surface area contributed by atoms with Crippen LogP contribution < -0.4 is 10.2 Å². The predicted octanol–water partition coefficient (Wildman–Crippen LogP) is -3.75. The van der Waals surface area contributed by atoms with Gasteiger partial charge in [-0.15, -0.1) is 0 Å². The van der Waals surface area contributed by atoms with Gasteiger partial charge in [-0.3, -0.25) is 0 Å². The molecule has 0 radical (unpaired) electrons. The van der Waals surface area contributed by atoms with Crippen LogP contribution in [0.4, 0.5) is 0 Å². The van der Waals surface area contributed by atoms with Crippen molar-refractivity contribution in [3.63, 3.8) is 0 Å². The van der Waals surface area contributed by atoms with Crippen molar-refractivity contribution in [2.45, 2.75) is 5.97 Å². The van der Waals surface area contributed by atoms with Gasteiger partial charge in [0.25, 0.3) is 0 Å². The fourth-order valence-corrected chi connectivity index (χ4v) is 0.0999. The molecule has 5 nitrogen and oxygen atoms in total. The van der Waals surface area contributed by atoms with E-state index in [1.807, 2.05) is 0 Å². The maximum absolute atomic E-state index is 9.59. The molecule has 0 amide bonds. The fraction of sp³-hybridized carbons (Fsp3) is 0.667. The van der Waals surface area contributed by atoms with Crippen LogP contribution in [0, 0.1) is 6.10 Å². The summed E-state index contributed by atoms with van der Waals surface area (Å²) in [5.41, 5.74) is 0. The van der Waals surface area contributed by atoms with Crippen LogP contribution >= 0.6 is 0 Å². The second kappa shape index (κ2) is 4.19. The molecule has 0 aromatic carbocycles. The Bertz CT molecular complexity index is 69.1. The number of aliphatic hydroxyl groups is 3. The molecule has 0 saturated heterocycles. The average Bonchev–Trinajstić information content (AvgIpc) is 1.62. The molecule has 0 bridgehead atoms. The molecular formula is C3H5MnO5. The zero-order valence-electron chi connectivity index (χ0n) is 4.24. The molecule has 0 atom stereocenters. The first-order valence-corrected chi connectivity index (χ1v) is 1.78. The van der Waals surface area contributed by atoms with Crippen LogP contribution in [-0.4, -0.2) is 27.9 Å². The SMILES string of the molecule is [Mn+3].[O-]C([O-])(O)[C-](O)CO. The third kappa shape index (κ3) is 4.80. The Morgan fingerprint density at radius 3 is 1.78 bits per heavy atom. The first-order valence-electron chi connectivity index (χ1n) is 1.78. The topological polar surface area (TPSA) is 107 Å². The Kier molecular flexibility index (Phi) is 5.60. The van der Waals surface area contributed by atoms with Gasteiger partial charge in [0.05, 0.1) is 0 Å². The van der Waals surface area contributed by atoms with Crippen molar-refractivity contribution in [3.05, 3.63) is 6.10 Å². The molecular weight excluding hydrogens is 171 g/mol. The molecule has 0 rings (SSSR count). The maximum Gasteiger partial charge on any atom is 3.00 e. The summed E-state index contributed by atoms with van der Waals surface area (Å²) >= 11 is 0. The van der Waals surface area contributed by atoms with Crippen LogP contribution in [-0.2, 0) is 17.1 Å². The van der Waals surface area contributed by atoms with E-state index < -0.39 is 18.7 Å². The minimum atomic E-state index is -3.77. The molecule has 0 unspecified atom stereocenters. The molecule has 0 aliphatic carbocycles. The molecule has 0 fully saturated rings. The van der Waals surface area contributed by atoms with Crippen molar-refractivity contribution in [1.82, 2.24) is 0 Å². The van der Waals surface area contributed by atoms with E-state index in [-0.39, 0.29) is 17.1 Å². The van der Waals surface area contributed by atoms with Gasteiger partial charge < -0.3 is 25.5 Å². The quantitative estimate of drug-likeness (QED) is 0.227. The first-order chi connectivity index (χ1) is 3.48. The smallest absolute Gasteiger partial charge is 0.865 e. The summed E-state index contributed by atoms with van der Waals surface area (Å²) in [6.07, 6.45) is -1.42. The van der Waals surface area contributed by atoms with Crippen LogP contribution in [0.25, 0.3) is 0 Å². The Morgan fingerprint density at radius 2 is 1.78 bits per heavy atom. The molecule has 9 heavy (non-hydrogen) atoms. The van der Waals surface area contributed by atoms with Gasteiger partial charge in [0.2, 0.25) is 0 Å². The Balaban J connectivity index is 0. The molecule has 6 heteroatoms. The van der Waals surface area contributed by atoms with E-state index in [1.54, 1.807) is 0 Å². The number of hydrogen-bond acceptors (Lipinski definition) is 5. The van der Waals surface area contributed by atoms with Gasteiger partial charge in [0, 0.05) is 0 Å². The molecule has 3 N–H and O–H groups in total. The Labute approximate surface area is 62.0 Å². The molecule has 0 aromatic heterocycles. The third-order valence-electron chi connectivity index (χ3n) is 0.514. The second-order valence-electron chi connectivity index (χ2n) is 1.19. The second-order valence-corrected chi connectivity index (χ2v) is 1.19. The summed E-state index contributed by atoms with van der Waals surface area (Å²) in [6.45, 7) is -1.11. The van der Waals surface area contributed by atoms with Gasteiger partial charge in [-0.25, -0.2) is 5.97 Å². The summed E-state index contributed by atoms with van der Waals surface area (Å²) < 4.78 is 0. The Morgan fingerprint density at radius 1 is 1.44 bits per heavy atom. The number of rotatable bonds is 2. The van der Waals surface area contributed by atoms with Crippen LogP contribution in [0.2, 0.25) is 0 Å². The molecule has 0 saturated carbocycles. The van der Waals surface area contributed by atoms with Gasteiger partial charge in [-0.1, -0.05) is 6.61 Å². The van der Waals surface area contributed by atoms with E-state index in [1.165, 1.54) is 0 Å². The molecule has 0 heterocycles. The third-order valence-corrected chi connectivity index (χ3v) is 0.514. The monoisotopic (exact) mass is 176 g/mol. The minimum absolute atomic E-state index is 0. The predicted molar refractivity (Wildman–Crippen MR) is 17.2 cm³/mol. The normalized spacial score (nSPS) is 11.3. The summed E-state index contributed by atoms with van der Waals surface area (Å²) in [6, 6.07) is 0. The van der Waals surface area contributed by atoms with Crippen molar-refractivity contribution in [1.29, 1.82) is 0 Å². The number of hydrogen-bond donors (Lipinski definition) is 3. The zero-order valence-corrected chi connectivity index (χ0v) is 5.42. The Hall–Kier alpha value is 0.319. The minimum Gasteiger partial charge on any atom is -0.865 e. The van der Waals surface area contributed by atoms with Gasteiger partial charge >= 0.3 is 17.1 Å². The van der Waals surface area contributed by atoms with E-state index in [2.05, 4.69) is 0 Å². The van der Waals surface area contributed by atoms with Crippen molar-refractivity contribution >= 4 is 0 Å². The standard InChI is InChI=1S/C3H5O5.Mn/c4-1-2(5)3(6,7)8;/h4-6H,1H2;/q-3;+3. The van der Waals surface area contributed by atoms with Crippen molar-refractivity contribution in [2.75, 3.05) is 6.61 Å². The van der Waals surface area contributed by atoms with Crippen LogP contribution in [0.3, 0.4) is 0 Å². The molecule has 0 aliphatic heterocycles. The number of aliphatic hydroxyl groups excluding tert-OH is 2. The van der Waals surface area contributed by atoms with E-state index in [4.69, 9.17) is 15.3 Å². The average molecular weight is 176 g/mol. The van der Waals surface area contributed by atoms with Gasteiger partial charge in [0.1, 0.15) is 0 Å². The van der Waals surface area contributed by atoms with E-state index in [0.29, 0.717) is 0 Å². The van der Waals surface area contributed by atoms with Crippen molar-refractivity contribution < 1.29 is 42.6 Å². The van der Waals surface area contributed by atoms with Gasteiger partial charge in [-0.2, -0.15) is 6.10 Å². The first kappa shape index (κ1) is 12.0. The molecule has 0 spiro atoms. The fourth-order valence-electron chi connectivity index (χ4n) is 0.0999. The van der Waals surface area contributed by atoms with Crippen molar-refractivity contribution in [2.24, 2.45) is 0 Å². The van der Waals surface area contributed by atoms with Crippen LogP contribution in [0.5, 0.6) is 0 Å².